The number of carbonyl (C=O) groups excluding carboxylic acids is 2. The third kappa shape index (κ3) is 4.80. The lowest BCUT2D eigenvalue weighted by Crippen LogP contribution is -2.47. The lowest BCUT2D eigenvalue weighted by atomic mass is 10.2. The van der Waals surface area contributed by atoms with Crippen LogP contribution in [0.5, 0.6) is 5.75 Å². The summed E-state index contributed by atoms with van der Waals surface area (Å²) in [6.45, 7) is 3.19. The summed E-state index contributed by atoms with van der Waals surface area (Å²) in [6.07, 6.45) is 0.400. The minimum atomic E-state index is -1.02. The highest BCUT2D eigenvalue weighted by molar-refractivity contribution is 9.10. The zero-order valence-corrected chi connectivity index (χ0v) is 17.2. The van der Waals surface area contributed by atoms with Crippen LogP contribution in [0.4, 0.5) is 4.39 Å². The summed E-state index contributed by atoms with van der Waals surface area (Å²) in [5.74, 6) is -1.78. The number of amides is 2. The Bertz CT molecular complexity index is 1040. The first-order chi connectivity index (χ1) is 13.9. The molecule has 1 heterocycles. The van der Waals surface area contributed by atoms with Crippen LogP contribution < -0.4 is 15.6 Å². The highest BCUT2D eigenvalue weighted by Crippen LogP contribution is 2.18. The first-order valence-corrected chi connectivity index (χ1v) is 9.48. The van der Waals surface area contributed by atoms with Crippen LogP contribution in [0.1, 0.15) is 23.0 Å². The molecule has 1 aromatic heterocycles. The Kier molecular flexibility index (Phi) is 6.28. The van der Waals surface area contributed by atoms with Crippen molar-refractivity contribution in [1.29, 1.82) is 0 Å². The lowest BCUT2D eigenvalue weighted by molar-refractivity contribution is -0.128. The van der Waals surface area contributed by atoms with Crippen molar-refractivity contribution in [2.75, 3.05) is 0 Å². The van der Waals surface area contributed by atoms with Crippen LogP contribution >= 0.6 is 15.9 Å². The first kappa shape index (κ1) is 20.5. The third-order valence-electron chi connectivity index (χ3n) is 4.13. The van der Waals surface area contributed by atoms with Crippen molar-refractivity contribution in [2.24, 2.45) is 0 Å². The molecular formula is C20H18BrFN4O3. The molecule has 3 aromatic rings. The van der Waals surface area contributed by atoms with Crippen molar-refractivity contribution < 1.29 is 18.7 Å². The number of aromatic nitrogens is 2. The number of hydrazine groups is 1. The topological polar surface area (TPSA) is 85.2 Å². The van der Waals surface area contributed by atoms with E-state index in [0.29, 0.717) is 11.3 Å². The zero-order chi connectivity index (χ0) is 21.0. The average molecular weight is 461 g/mol. The van der Waals surface area contributed by atoms with Gasteiger partial charge in [0.15, 0.2) is 17.7 Å². The Morgan fingerprint density at radius 3 is 2.52 bits per heavy atom. The van der Waals surface area contributed by atoms with Crippen LogP contribution in [0.3, 0.4) is 0 Å². The predicted octanol–water partition coefficient (Wildman–Crippen LogP) is 3.31. The van der Waals surface area contributed by atoms with E-state index in [1.54, 1.807) is 17.7 Å². The van der Waals surface area contributed by atoms with Crippen molar-refractivity contribution in [3.63, 3.8) is 0 Å². The summed E-state index contributed by atoms with van der Waals surface area (Å²) >= 11 is 3.37. The van der Waals surface area contributed by atoms with E-state index in [4.69, 9.17) is 4.74 Å². The molecule has 0 bridgehead atoms. The molecule has 150 valence electrons. The number of ether oxygens (including phenoxy) is 1. The molecule has 3 rings (SSSR count). The molecule has 9 heteroatoms. The molecule has 2 aromatic carbocycles. The van der Waals surface area contributed by atoms with Gasteiger partial charge in [-0.3, -0.25) is 20.4 Å². The fraction of sp³-hybridized carbons (Fsp3) is 0.150. The molecule has 0 radical (unpaired) electrons. The van der Waals surface area contributed by atoms with Gasteiger partial charge in [0.2, 0.25) is 0 Å². The fourth-order valence-electron chi connectivity index (χ4n) is 2.55. The lowest BCUT2D eigenvalue weighted by Gasteiger charge is -2.15. The van der Waals surface area contributed by atoms with Gasteiger partial charge in [0.1, 0.15) is 0 Å². The Labute approximate surface area is 175 Å². The van der Waals surface area contributed by atoms with Gasteiger partial charge in [0.05, 0.1) is 23.1 Å². The second kappa shape index (κ2) is 8.87. The van der Waals surface area contributed by atoms with Crippen LogP contribution in [0.15, 0.2) is 59.2 Å². The quantitative estimate of drug-likeness (QED) is 0.572. The number of para-hydroxylation sites is 1. The van der Waals surface area contributed by atoms with Gasteiger partial charge < -0.3 is 4.74 Å². The maximum absolute atomic E-state index is 13.6. The molecule has 0 aliphatic carbocycles. The minimum absolute atomic E-state index is 0.0481. The second-order valence-electron chi connectivity index (χ2n) is 6.17. The normalized spacial score (nSPS) is 11.6. The van der Waals surface area contributed by atoms with Crippen molar-refractivity contribution in [3.05, 3.63) is 76.3 Å². The molecule has 0 fully saturated rings. The number of hydrogen-bond donors (Lipinski definition) is 2. The van der Waals surface area contributed by atoms with E-state index in [2.05, 4.69) is 31.9 Å². The largest absolute Gasteiger partial charge is 0.478 e. The van der Waals surface area contributed by atoms with Crippen LogP contribution in [-0.2, 0) is 4.79 Å². The number of benzene rings is 2. The van der Waals surface area contributed by atoms with Gasteiger partial charge in [-0.25, -0.2) is 9.07 Å². The van der Waals surface area contributed by atoms with Crippen molar-refractivity contribution in [3.8, 4) is 11.4 Å². The smallest absolute Gasteiger partial charge is 0.279 e. The SMILES string of the molecule is Cc1c(C(=O)NNC(=O)C(C)Oc2ccccc2F)cnn1-c1ccc(Br)cc1. The molecule has 7 nitrogen and oxygen atoms in total. The number of rotatable bonds is 5. The summed E-state index contributed by atoms with van der Waals surface area (Å²) in [5.41, 5.74) is 6.30. The van der Waals surface area contributed by atoms with Crippen molar-refractivity contribution in [2.45, 2.75) is 20.0 Å². The summed E-state index contributed by atoms with van der Waals surface area (Å²) in [6, 6.07) is 13.2. The van der Waals surface area contributed by atoms with E-state index in [-0.39, 0.29) is 5.75 Å². The van der Waals surface area contributed by atoms with E-state index in [0.717, 1.165) is 10.2 Å². The molecule has 0 saturated carbocycles. The Hall–Kier alpha value is -3.20. The van der Waals surface area contributed by atoms with E-state index in [1.165, 1.54) is 31.3 Å². The van der Waals surface area contributed by atoms with Crippen LogP contribution in [0.2, 0.25) is 0 Å². The molecule has 2 N–H and O–H groups in total. The van der Waals surface area contributed by atoms with E-state index in [1.807, 2.05) is 24.3 Å². The molecular weight excluding hydrogens is 443 g/mol. The number of nitrogens with zero attached hydrogens (tertiary/aromatic N) is 2. The maximum Gasteiger partial charge on any atom is 0.279 e. The highest BCUT2D eigenvalue weighted by Gasteiger charge is 2.19. The summed E-state index contributed by atoms with van der Waals surface area (Å²) in [4.78, 5) is 24.6. The van der Waals surface area contributed by atoms with Gasteiger partial charge in [-0.1, -0.05) is 28.1 Å². The summed E-state index contributed by atoms with van der Waals surface area (Å²) in [5, 5.41) is 4.23. The highest BCUT2D eigenvalue weighted by atomic mass is 79.9. The Balaban J connectivity index is 1.61. The monoisotopic (exact) mass is 460 g/mol. The first-order valence-electron chi connectivity index (χ1n) is 8.68. The second-order valence-corrected chi connectivity index (χ2v) is 7.08. The number of halogens is 2. The summed E-state index contributed by atoms with van der Waals surface area (Å²) < 4.78 is 21.4. The number of hydrogen-bond acceptors (Lipinski definition) is 4. The maximum atomic E-state index is 13.6. The summed E-state index contributed by atoms with van der Waals surface area (Å²) in [7, 11) is 0. The third-order valence-corrected chi connectivity index (χ3v) is 4.66. The van der Waals surface area contributed by atoms with Gasteiger partial charge in [0, 0.05) is 4.47 Å². The van der Waals surface area contributed by atoms with Gasteiger partial charge >= 0.3 is 0 Å². The van der Waals surface area contributed by atoms with E-state index >= 15 is 0 Å². The Morgan fingerprint density at radius 1 is 1.14 bits per heavy atom. The number of carbonyl (C=O) groups is 2. The molecule has 0 spiro atoms. The molecule has 0 aliphatic heterocycles. The molecule has 2 amide bonds. The molecule has 1 atom stereocenters. The standard InChI is InChI=1S/C20H18BrFN4O3/c1-12-16(11-23-26(12)15-9-7-14(21)8-10-15)20(28)25-24-19(27)13(2)29-18-6-4-3-5-17(18)22/h3-11,13H,1-2H3,(H,24,27)(H,25,28). The van der Waals surface area contributed by atoms with Gasteiger partial charge in [-0.05, 0) is 50.2 Å². The molecule has 0 aliphatic rings. The van der Waals surface area contributed by atoms with Gasteiger partial charge in [-0.15, -0.1) is 0 Å². The van der Waals surface area contributed by atoms with E-state index < -0.39 is 23.7 Å². The van der Waals surface area contributed by atoms with Crippen LogP contribution in [-0.4, -0.2) is 27.7 Å². The van der Waals surface area contributed by atoms with E-state index in [9.17, 15) is 14.0 Å². The van der Waals surface area contributed by atoms with Crippen molar-refractivity contribution >= 4 is 27.7 Å². The molecule has 29 heavy (non-hydrogen) atoms. The Morgan fingerprint density at radius 2 is 1.83 bits per heavy atom. The van der Waals surface area contributed by atoms with Crippen molar-refractivity contribution in [1.82, 2.24) is 20.6 Å². The molecule has 0 saturated heterocycles. The van der Waals surface area contributed by atoms with Crippen LogP contribution in [0, 0.1) is 12.7 Å². The fourth-order valence-corrected chi connectivity index (χ4v) is 2.81. The minimum Gasteiger partial charge on any atom is -0.478 e. The zero-order valence-electron chi connectivity index (χ0n) is 15.6. The van der Waals surface area contributed by atoms with Crippen LogP contribution in [0.25, 0.3) is 5.69 Å². The number of nitrogens with one attached hydrogen (secondary N) is 2. The molecule has 1 unspecified atom stereocenters. The van der Waals surface area contributed by atoms with Gasteiger partial charge in [0.25, 0.3) is 11.8 Å². The predicted molar refractivity (Wildman–Crippen MR) is 108 cm³/mol. The van der Waals surface area contributed by atoms with Gasteiger partial charge in [-0.2, -0.15) is 5.10 Å². The average Bonchev–Trinajstić information content (AvgIpc) is 3.09.